The summed E-state index contributed by atoms with van der Waals surface area (Å²) >= 11 is 3.25. The molecular formula is C19H25BrN2O6S. The van der Waals surface area contributed by atoms with E-state index >= 15 is 0 Å². The van der Waals surface area contributed by atoms with Crippen LogP contribution in [0.5, 0.6) is 0 Å². The molecular weight excluding hydrogens is 464 g/mol. The van der Waals surface area contributed by atoms with Gasteiger partial charge >= 0.3 is 5.97 Å². The van der Waals surface area contributed by atoms with Gasteiger partial charge in [0.25, 0.3) is 5.91 Å². The van der Waals surface area contributed by atoms with Crippen LogP contribution in [0, 0.1) is 5.92 Å². The van der Waals surface area contributed by atoms with Crippen molar-refractivity contribution >= 4 is 37.8 Å². The molecule has 1 aromatic rings. The molecule has 1 aromatic carbocycles. The van der Waals surface area contributed by atoms with Gasteiger partial charge < -0.3 is 14.4 Å². The van der Waals surface area contributed by atoms with Gasteiger partial charge in [-0.1, -0.05) is 6.92 Å². The highest BCUT2D eigenvalue weighted by molar-refractivity contribution is 9.10. The van der Waals surface area contributed by atoms with Crippen LogP contribution in [0.4, 0.5) is 0 Å². The smallest absolute Gasteiger partial charge is 0.338 e. The number of rotatable bonds is 5. The van der Waals surface area contributed by atoms with Gasteiger partial charge in [0.05, 0.1) is 23.7 Å². The van der Waals surface area contributed by atoms with E-state index in [9.17, 15) is 18.0 Å². The van der Waals surface area contributed by atoms with Crippen LogP contribution in [0.2, 0.25) is 0 Å². The molecule has 2 aliphatic heterocycles. The number of likely N-dealkylation sites (tertiary alicyclic amines) is 1. The lowest BCUT2D eigenvalue weighted by atomic mass is 10.0. The predicted molar refractivity (Wildman–Crippen MR) is 109 cm³/mol. The van der Waals surface area contributed by atoms with E-state index in [1.54, 1.807) is 4.90 Å². The molecule has 8 nitrogen and oxygen atoms in total. The van der Waals surface area contributed by atoms with E-state index in [4.69, 9.17) is 9.47 Å². The maximum Gasteiger partial charge on any atom is 0.338 e. The van der Waals surface area contributed by atoms with Crippen molar-refractivity contribution in [2.24, 2.45) is 5.92 Å². The number of halogens is 1. The number of esters is 1. The largest absolute Gasteiger partial charge is 0.452 e. The van der Waals surface area contributed by atoms with E-state index in [1.165, 1.54) is 22.5 Å². The molecule has 29 heavy (non-hydrogen) atoms. The highest BCUT2D eigenvalue weighted by Gasteiger charge is 2.29. The van der Waals surface area contributed by atoms with Crippen molar-refractivity contribution in [1.82, 2.24) is 9.21 Å². The van der Waals surface area contributed by atoms with Crippen LogP contribution >= 0.6 is 15.9 Å². The number of hydrogen-bond donors (Lipinski definition) is 0. The molecule has 0 aromatic heterocycles. The van der Waals surface area contributed by atoms with Gasteiger partial charge in [0, 0.05) is 30.7 Å². The van der Waals surface area contributed by atoms with Crippen LogP contribution < -0.4 is 0 Å². The SMILES string of the molecule is CC1CCCN(C(=O)COC(=O)c2ccc(Br)c(S(=O)(=O)N3CCOCC3)c2)C1. The van der Waals surface area contributed by atoms with Gasteiger partial charge in [-0.15, -0.1) is 0 Å². The number of carbonyl (C=O) groups is 2. The molecule has 1 atom stereocenters. The van der Waals surface area contributed by atoms with E-state index in [2.05, 4.69) is 22.9 Å². The van der Waals surface area contributed by atoms with Crippen LogP contribution in [-0.2, 0) is 24.3 Å². The Hall–Kier alpha value is -1.49. The van der Waals surface area contributed by atoms with E-state index in [1.807, 2.05) is 0 Å². The van der Waals surface area contributed by atoms with Gasteiger partial charge in [-0.05, 0) is 52.9 Å². The lowest BCUT2D eigenvalue weighted by molar-refractivity contribution is -0.136. The van der Waals surface area contributed by atoms with Gasteiger partial charge in [-0.25, -0.2) is 13.2 Å². The summed E-state index contributed by atoms with van der Waals surface area (Å²) in [5, 5.41) is 0. The van der Waals surface area contributed by atoms with Crippen molar-refractivity contribution in [3.05, 3.63) is 28.2 Å². The summed E-state index contributed by atoms with van der Waals surface area (Å²) in [4.78, 5) is 26.4. The predicted octanol–water partition coefficient (Wildman–Crippen LogP) is 1.89. The highest BCUT2D eigenvalue weighted by atomic mass is 79.9. The van der Waals surface area contributed by atoms with Gasteiger partial charge in [-0.2, -0.15) is 4.31 Å². The Kier molecular flexibility index (Phi) is 7.31. The van der Waals surface area contributed by atoms with E-state index in [-0.39, 0.29) is 36.1 Å². The average molecular weight is 489 g/mol. The molecule has 0 spiro atoms. The Balaban J connectivity index is 1.68. The molecule has 160 valence electrons. The van der Waals surface area contributed by atoms with Crippen molar-refractivity contribution in [3.63, 3.8) is 0 Å². The van der Waals surface area contributed by atoms with E-state index < -0.39 is 16.0 Å². The second kappa shape index (κ2) is 9.55. The number of ether oxygens (including phenoxy) is 2. The molecule has 2 aliphatic rings. The first-order valence-corrected chi connectivity index (χ1v) is 11.8. The molecule has 0 saturated carbocycles. The Morgan fingerprint density at radius 2 is 1.97 bits per heavy atom. The summed E-state index contributed by atoms with van der Waals surface area (Å²) in [7, 11) is -3.78. The summed E-state index contributed by atoms with van der Waals surface area (Å²) < 4.78 is 37.9. The number of amides is 1. The van der Waals surface area contributed by atoms with Crippen LogP contribution in [-0.4, -0.2) is 75.5 Å². The third kappa shape index (κ3) is 5.36. The van der Waals surface area contributed by atoms with Crippen LogP contribution in [0.1, 0.15) is 30.1 Å². The van der Waals surface area contributed by atoms with Crippen molar-refractivity contribution in [3.8, 4) is 0 Å². The Bertz CT molecular complexity index is 869. The van der Waals surface area contributed by atoms with Crippen LogP contribution in [0.3, 0.4) is 0 Å². The van der Waals surface area contributed by atoms with Crippen molar-refractivity contribution < 1.29 is 27.5 Å². The monoisotopic (exact) mass is 488 g/mol. The molecule has 1 amide bonds. The summed E-state index contributed by atoms with van der Waals surface area (Å²) in [6, 6.07) is 4.25. The molecule has 0 radical (unpaired) electrons. The normalized spacial score (nSPS) is 21.0. The summed E-state index contributed by atoms with van der Waals surface area (Å²) in [6.07, 6.45) is 2.03. The number of carbonyl (C=O) groups excluding carboxylic acids is 2. The zero-order valence-electron chi connectivity index (χ0n) is 16.3. The second-order valence-corrected chi connectivity index (χ2v) is 10.1. The molecule has 0 bridgehead atoms. The molecule has 2 heterocycles. The number of sulfonamides is 1. The minimum absolute atomic E-state index is 0.00923. The number of benzene rings is 1. The minimum atomic E-state index is -3.78. The van der Waals surface area contributed by atoms with Crippen LogP contribution in [0.25, 0.3) is 0 Å². The first-order valence-electron chi connectivity index (χ1n) is 9.61. The molecule has 10 heteroatoms. The fourth-order valence-electron chi connectivity index (χ4n) is 3.47. The summed E-state index contributed by atoms with van der Waals surface area (Å²) in [5.41, 5.74) is 0.0832. The quantitative estimate of drug-likeness (QED) is 0.587. The Morgan fingerprint density at radius 1 is 1.24 bits per heavy atom. The molecule has 2 saturated heterocycles. The topological polar surface area (TPSA) is 93.2 Å². The first-order chi connectivity index (χ1) is 13.8. The number of nitrogens with zero attached hydrogens (tertiary/aromatic N) is 2. The highest BCUT2D eigenvalue weighted by Crippen LogP contribution is 2.27. The van der Waals surface area contributed by atoms with E-state index in [0.29, 0.717) is 36.7 Å². The lowest BCUT2D eigenvalue weighted by Crippen LogP contribution is -2.41. The van der Waals surface area contributed by atoms with Gasteiger partial charge in [0.2, 0.25) is 10.0 Å². The summed E-state index contributed by atoms with van der Waals surface area (Å²) in [5.74, 6) is -0.527. The first kappa shape index (κ1) is 22.2. The third-order valence-corrected chi connectivity index (χ3v) is 7.98. The van der Waals surface area contributed by atoms with Crippen molar-refractivity contribution in [1.29, 1.82) is 0 Å². The zero-order chi connectivity index (χ0) is 21.0. The molecule has 3 rings (SSSR count). The van der Waals surface area contributed by atoms with E-state index in [0.717, 1.165) is 12.8 Å². The number of piperidine rings is 1. The lowest BCUT2D eigenvalue weighted by Gasteiger charge is -2.30. The zero-order valence-corrected chi connectivity index (χ0v) is 18.7. The molecule has 0 aliphatic carbocycles. The van der Waals surface area contributed by atoms with Crippen LogP contribution in [0.15, 0.2) is 27.6 Å². The van der Waals surface area contributed by atoms with Gasteiger partial charge in [-0.3, -0.25) is 4.79 Å². The maximum absolute atomic E-state index is 12.9. The molecule has 1 unspecified atom stereocenters. The molecule has 0 N–H and O–H groups in total. The number of hydrogen-bond acceptors (Lipinski definition) is 6. The Labute approximate surface area is 179 Å². The van der Waals surface area contributed by atoms with Gasteiger partial charge in [0.1, 0.15) is 0 Å². The fourth-order valence-corrected chi connectivity index (χ4v) is 5.83. The number of morpholine rings is 1. The summed E-state index contributed by atoms with van der Waals surface area (Å²) in [6.45, 7) is 4.23. The van der Waals surface area contributed by atoms with Crippen molar-refractivity contribution in [2.75, 3.05) is 46.0 Å². The van der Waals surface area contributed by atoms with Crippen molar-refractivity contribution in [2.45, 2.75) is 24.7 Å². The fraction of sp³-hybridized carbons (Fsp3) is 0.579. The second-order valence-electron chi connectivity index (χ2n) is 7.32. The maximum atomic E-state index is 12.9. The third-order valence-electron chi connectivity index (χ3n) is 5.09. The molecule has 2 fully saturated rings. The Morgan fingerprint density at radius 3 is 2.66 bits per heavy atom. The minimum Gasteiger partial charge on any atom is -0.452 e. The standard InChI is InChI=1S/C19H25BrN2O6S/c1-14-3-2-6-21(12-14)18(23)13-28-19(24)15-4-5-16(20)17(11-15)29(25,26)22-7-9-27-10-8-22/h4-5,11,14H,2-3,6-10,12-13H2,1H3. The van der Waals surface area contributed by atoms with Gasteiger partial charge in [0.15, 0.2) is 6.61 Å². The average Bonchev–Trinajstić information content (AvgIpc) is 2.72.